The molecule has 1 heterocycles. The van der Waals surface area contributed by atoms with Crippen LogP contribution in [-0.2, 0) is 4.74 Å². The molecule has 0 aliphatic carbocycles. The van der Waals surface area contributed by atoms with Crippen LogP contribution in [-0.4, -0.2) is 41.8 Å². The number of likely N-dealkylation sites (tertiary alicyclic amines) is 1. The summed E-state index contributed by atoms with van der Waals surface area (Å²) in [7, 11) is 3.90. The second kappa shape index (κ2) is 7.60. The third kappa shape index (κ3) is 4.99. The molecule has 1 fully saturated rings. The fourth-order valence-electron chi connectivity index (χ4n) is 1.85. The Bertz CT molecular complexity index is 214. The molecule has 0 spiro atoms. The molecule has 1 unspecified atom stereocenters. The van der Waals surface area contributed by atoms with Crippen molar-refractivity contribution in [1.29, 1.82) is 0 Å². The number of rotatable bonds is 6. The number of methoxy groups -OCH3 is 1. The van der Waals surface area contributed by atoms with Crippen molar-refractivity contribution in [2.75, 3.05) is 30.9 Å². The molecule has 2 nitrogen and oxygen atoms in total. The Labute approximate surface area is 113 Å². The molecule has 15 heavy (non-hydrogen) atoms. The van der Waals surface area contributed by atoms with Crippen LogP contribution < -0.4 is 0 Å². The molecular weight excluding hydrogens is 436 g/mol. The predicted octanol–water partition coefficient (Wildman–Crippen LogP) is 3.75. The first kappa shape index (κ1) is 14.4. The predicted molar refractivity (Wildman–Crippen MR) is 87.2 cm³/mol. The summed E-state index contributed by atoms with van der Waals surface area (Å²) >= 11 is 1.99. The maximum absolute atomic E-state index is 5.26. The third-order valence-electron chi connectivity index (χ3n) is 2.60. The Morgan fingerprint density at radius 2 is 2.47 bits per heavy atom. The van der Waals surface area contributed by atoms with Gasteiger partial charge in [0, 0.05) is 0 Å². The standard InChI is InChI=1S/C10H19I2NOS/c1-9(14-3)10-5-4-6-13(10)7-8-15-12(2)11/h10H,1,4-8H2,2-3H3. The van der Waals surface area contributed by atoms with E-state index in [1.165, 1.54) is 31.7 Å². The Kier molecular flexibility index (Phi) is 7.28. The van der Waals surface area contributed by atoms with Crippen LogP contribution in [0.2, 0.25) is 0 Å². The topological polar surface area (TPSA) is 12.5 Å². The molecule has 1 rings (SSSR count). The summed E-state index contributed by atoms with van der Waals surface area (Å²) in [4.78, 5) is 4.92. The van der Waals surface area contributed by atoms with Crippen LogP contribution in [0.15, 0.2) is 12.3 Å². The zero-order valence-corrected chi connectivity index (χ0v) is 14.5. The third-order valence-corrected chi connectivity index (χ3v) is 11.9. The average molecular weight is 455 g/mol. The summed E-state index contributed by atoms with van der Waals surface area (Å²) in [6.07, 6.45) is 2.51. The van der Waals surface area contributed by atoms with Gasteiger partial charge in [0.05, 0.1) is 0 Å². The molecule has 1 atom stereocenters. The van der Waals surface area contributed by atoms with E-state index in [9.17, 15) is 0 Å². The zero-order chi connectivity index (χ0) is 11.3. The summed E-state index contributed by atoms with van der Waals surface area (Å²) in [6.45, 7) is 6.40. The minimum atomic E-state index is -0.628. The summed E-state index contributed by atoms with van der Waals surface area (Å²) in [5.41, 5.74) is 0. The van der Waals surface area contributed by atoms with Crippen molar-refractivity contribution < 1.29 is 4.74 Å². The van der Waals surface area contributed by atoms with Crippen LogP contribution in [0.1, 0.15) is 12.8 Å². The molecule has 0 amide bonds. The number of hydrogen-bond donors (Lipinski definition) is 0. The van der Waals surface area contributed by atoms with Gasteiger partial charge >= 0.3 is 114 Å². The minimum absolute atomic E-state index is 0.476. The fraction of sp³-hybridized carbons (Fsp3) is 0.800. The van der Waals surface area contributed by atoms with E-state index in [4.69, 9.17) is 4.74 Å². The molecule has 1 aliphatic heterocycles. The number of ether oxygens (including phenoxy) is 1. The SMILES string of the molecule is C=C(OC)C1CCCN1CCSI(C)I. The molecular formula is C10H19I2NOS. The van der Waals surface area contributed by atoms with Gasteiger partial charge in [0.25, 0.3) is 0 Å². The van der Waals surface area contributed by atoms with Gasteiger partial charge in [-0.05, 0) is 0 Å². The van der Waals surface area contributed by atoms with E-state index in [-0.39, 0.29) is 0 Å². The van der Waals surface area contributed by atoms with E-state index in [2.05, 4.69) is 44.0 Å². The van der Waals surface area contributed by atoms with E-state index >= 15 is 0 Å². The van der Waals surface area contributed by atoms with Crippen molar-refractivity contribution in [2.45, 2.75) is 18.9 Å². The number of hydrogen-bond acceptors (Lipinski definition) is 3. The average Bonchev–Trinajstić information content (AvgIpc) is 2.64. The van der Waals surface area contributed by atoms with Crippen molar-refractivity contribution in [1.82, 2.24) is 4.90 Å². The first-order valence-corrected chi connectivity index (χ1v) is 17.0. The van der Waals surface area contributed by atoms with Crippen molar-refractivity contribution in [3.8, 4) is 0 Å². The van der Waals surface area contributed by atoms with E-state index in [1.54, 1.807) is 7.11 Å². The van der Waals surface area contributed by atoms with Crippen molar-refractivity contribution in [3.05, 3.63) is 12.3 Å². The zero-order valence-electron chi connectivity index (χ0n) is 9.34. The van der Waals surface area contributed by atoms with Crippen LogP contribution in [0.3, 0.4) is 0 Å². The normalized spacial score (nSPS) is 22.9. The Morgan fingerprint density at radius 1 is 1.73 bits per heavy atom. The van der Waals surface area contributed by atoms with E-state index in [0.717, 1.165) is 5.76 Å². The summed E-state index contributed by atoms with van der Waals surface area (Å²) in [6, 6.07) is 0.476. The summed E-state index contributed by atoms with van der Waals surface area (Å²) in [5.74, 6) is 2.22. The second-order valence-electron chi connectivity index (χ2n) is 3.53. The van der Waals surface area contributed by atoms with Gasteiger partial charge in [-0.2, -0.15) is 0 Å². The molecule has 0 saturated carbocycles. The van der Waals surface area contributed by atoms with Crippen LogP contribution in [0.5, 0.6) is 0 Å². The van der Waals surface area contributed by atoms with Gasteiger partial charge in [-0.25, -0.2) is 0 Å². The van der Waals surface area contributed by atoms with Gasteiger partial charge in [0.1, 0.15) is 0 Å². The van der Waals surface area contributed by atoms with Gasteiger partial charge in [-0.1, -0.05) is 0 Å². The number of nitrogens with zero attached hydrogens (tertiary/aromatic N) is 1. The van der Waals surface area contributed by atoms with Crippen LogP contribution in [0.25, 0.3) is 0 Å². The molecule has 0 radical (unpaired) electrons. The van der Waals surface area contributed by atoms with Crippen LogP contribution >= 0.6 is 42.0 Å². The molecule has 0 aromatic carbocycles. The van der Waals surface area contributed by atoms with E-state index in [0.29, 0.717) is 6.04 Å². The second-order valence-corrected chi connectivity index (χ2v) is 23.1. The van der Waals surface area contributed by atoms with Gasteiger partial charge in [-0.15, -0.1) is 0 Å². The van der Waals surface area contributed by atoms with E-state index < -0.39 is 14.5 Å². The first-order valence-electron chi connectivity index (χ1n) is 5.02. The van der Waals surface area contributed by atoms with Crippen molar-refractivity contribution in [3.63, 3.8) is 0 Å². The summed E-state index contributed by atoms with van der Waals surface area (Å²) in [5, 5.41) is 0. The number of halogens is 2. The van der Waals surface area contributed by atoms with Crippen molar-refractivity contribution in [2.24, 2.45) is 0 Å². The monoisotopic (exact) mass is 455 g/mol. The fourth-order valence-corrected chi connectivity index (χ4v) is 8.13. The molecule has 0 bridgehead atoms. The quantitative estimate of drug-likeness (QED) is 0.344. The molecule has 0 N–H and O–H groups in total. The molecule has 90 valence electrons. The van der Waals surface area contributed by atoms with Crippen LogP contribution in [0, 0.1) is 0 Å². The van der Waals surface area contributed by atoms with Gasteiger partial charge < -0.3 is 0 Å². The Hall–Kier alpha value is 1.31. The molecule has 5 heteroatoms. The maximum atomic E-state index is 5.26. The van der Waals surface area contributed by atoms with Crippen LogP contribution in [0.4, 0.5) is 0 Å². The Morgan fingerprint density at radius 3 is 3.07 bits per heavy atom. The van der Waals surface area contributed by atoms with E-state index in [1.807, 2.05) is 0 Å². The first-order chi connectivity index (χ1) is 7.15. The summed E-state index contributed by atoms with van der Waals surface area (Å²) < 4.78 is 5.26. The molecule has 1 saturated heterocycles. The van der Waals surface area contributed by atoms with Gasteiger partial charge in [-0.3, -0.25) is 0 Å². The molecule has 0 aromatic rings. The molecule has 0 aromatic heterocycles. The Balaban J connectivity index is 2.30. The van der Waals surface area contributed by atoms with Gasteiger partial charge in [0.2, 0.25) is 0 Å². The van der Waals surface area contributed by atoms with Gasteiger partial charge in [0.15, 0.2) is 0 Å². The number of alkyl halides is 1. The molecule has 1 aliphatic rings. The van der Waals surface area contributed by atoms with Crippen molar-refractivity contribution >= 4 is 42.0 Å².